The number of rotatable bonds is 11. The number of halogens is 1. The molecule has 1 aliphatic carbocycles. The summed E-state index contributed by atoms with van der Waals surface area (Å²) in [5.41, 5.74) is 0. The van der Waals surface area contributed by atoms with E-state index in [1.165, 1.54) is 12.1 Å². The number of allylic oxidation sites excluding steroid dienone is 5. The maximum Gasteiger partial charge on any atom is 0.364 e. The van der Waals surface area contributed by atoms with Crippen molar-refractivity contribution in [1.29, 1.82) is 0 Å². The molecule has 1 aromatic rings. The molecule has 0 unspecified atom stereocenters. The Hall–Kier alpha value is -2.44. The van der Waals surface area contributed by atoms with Gasteiger partial charge in [-0.15, -0.1) is 0 Å². The maximum atomic E-state index is 12.8. The highest BCUT2D eigenvalue weighted by molar-refractivity contribution is 5.74. The Bertz CT molecular complexity index is 706. The van der Waals surface area contributed by atoms with Crippen molar-refractivity contribution >= 4 is 5.97 Å². The molecule has 0 saturated carbocycles. The van der Waals surface area contributed by atoms with E-state index in [9.17, 15) is 19.4 Å². The van der Waals surface area contributed by atoms with Crippen molar-refractivity contribution in [2.24, 2.45) is 11.8 Å². The molecule has 5 nitrogen and oxygen atoms in total. The summed E-state index contributed by atoms with van der Waals surface area (Å²) in [4.78, 5) is 10.6. The zero-order valence-electron chi connectivity index (χ0n) is 15.7. The van der Waals surface area contributed by atoms with Crippen LogP contribution >= 0.6 is 0 Å². The molecule has 6 heteroatoms. The third kappa shape index (κ3) is 7.29. The zero-order valence-corrected chi connectivity index (χ0v) is 15.7. The molecule has 0 fully saturated rings. The summed E-state index contributed by atoms with van der Waals surface area (Å²) >= 11 is 0. The largest absolute Gasteiger partial charge is 0.493 e. The minimum Gasteiger partial charge on any atom is -0.493 e. The van der Waals surface area contributed by atoms with E-state index >= 15 is 0 Å². The normalized spacial score (nSPS) is 19.7. The molecule has 0 bridgehead atoms. The van der Waals surface area contributed by atoms with Crippen LogP contribution in [0.25, 0.3) is 0 Å². The SMILES string of the molecule is O=C(O)C(O)(O)CCC=CC[C@H]1C=CC[C@@H]1C=CCCOc1ccc(F)cc1. The van der Waals surface area contributed by atoms with Crippen LogP contribution in [0.2, 0.25) is 0 Å². The Balaban J connectivity index is 1.66. The Morgan fingerprint density at radius 3 is 2.64 bits per heavy atom. The fourth-order valence-electron chi connectivity index (χ4n) is 3.01. The summed E-state index contributed by atoms with van der Waals surface area (Å²) in [7, 11) is 0. The van der Waals surface area contributed by atoms with Crippen molar-refractivity contribution in [3.8, 4) is 5.75 Å². The van der Waals surface area contributed by atoms with Gasteiger partial charge in [0, 0.05) is 6.42 Å². The quantitative estimate of drug-likeness (QED) is 0.304. The second-order valence-electron chi connectivity index (χ2n) is 6.88. The number of aliphatic carboxylic acids is 1. The fraction of sp³-hybridized carbons (Fsp3) is 0.409. The average Bonchev–Trinajstić information content (AvgIpc) is 3.10. The van der Waals surface area contributed by atoms with E-state index in [1.54, 1.807) is 18.2 Å². The molecular formula is C22H27FO5. The number of hydrogen-bond donors (Lipinski definition) is 3. The lowest BCUT2D eigenvalue weighted by Crippen LogP contribution is -2.37. The summed E-state index contributed by atoms with van der Waals surface area (Å²) in [6, 6.07) is 5.96. The van der Waals surface area contributed by atoms with Crippen molar-refractivity contribution in [2.45, 2.75) is 37.9 Å². The molecule has 1 aliphatic rings. The molecular weight excluding hydrogens is 363 g/mol. The second-order valence-corrected chi connectivity index (χ2v) is 6.88. The minimum absolute atomic E-state index is 0.239. The lowest BCUT2D eigenvalue weighted by molar-refractivity contribution is -0.205. The third-order valence-electron chi connectivity index (χ3n) is 4.67. The minimum atomic E-state index is -2.67. The van der Waals surface area contributed by atoms with E-state index in [1.807, 2.05) is 6.08 Å². The van der Waals surface area contributed by atoms with Crippen molar-refractivity contribution in [3.05, 3.63) is 66.5 Å². The summed E-state index contributed by atoms with van der Waals surface area (Å²) in [5, 5.41) is 27.1. The van der Waals surface area contributed by atoms with Crippen molar-refractivity contribution in [1.82, 2.24) is 0 Å². The summed E-state index contributed by atoms with van der Waals surface area (Å²) < 4.78 is 18.4. The fourth-order valence-corrected chi connectivity index (χ4v) is 3.01. The van der Waals surface area contributed by atoms with Gasteiger partial charge < -0.3 is 20.1 Å². The Morgan fingerprint density at radius 1 is 1.18 bits per heavy atom. The molecule has 3 N–H and O–H groups in total. The molecule has 0 saturated heterocycles. The van der Waals surface area contributed by atoms with Crippen LogP contribution in [0.3, 0.4) is 0 Å². The van der Waals surface area contributed by atoms with Gasteiger partial charge in [0.25, 0.3) is 5.79 Å². The van der Waals surface area contributed by atoms with Crippen LogP contribution in [0.15, 0.2) is 60.7 Å². The monoisotopic (exact) mass is 390 g/mol. The Labute approximate surface area is 164 Å². The lowest BCUT2D eigenvalue weighted by Gasteiger charge is -2.15. The molecule has 0 spiro atoms. The van der Waals surface area contributed by atoms with E-state index in [0.717, 1.165) is 19.3 Å². The summed E-state index contributed by atoms with van der Waals surface area (Å²) in [5.74, 6) is -3.15. The first-order valence-corrected chi connectivity index (χ1v) is 9.43. The molecule has 2 rings (SSSR count). The van der Waals surface area contributed by atoms with Crippen LogP contribution in [0, 0.1) is 17.7 Å². The average molecular weight is 390 g/mol. The van der Waals surface area contributed by atoms with E-state index in [4.69, 9.17) is 9.84 Å². The van der Waals surface area contributed by atoms with Gasteiger partial charge in [-0.2, -0.15) is 0 Å². The number of carboxylic acid groups (broad SMARTS) is 1. The molecule has 0 aromatic heterocycles. The molecule has 0 heterocycles. The van der Waals surface area contributed by atoms with Crippen molar-refractivity contribution < 1.29 is 29.2 Å². The van der Waals surface area contributed by atoms with Crippen LogP contribution in [0.4, 0.5) is 4.39 Å². The first-order valence-electron chi connectivity index (χ1n) is 9.43. The summed E-state index contributed by atoms with van der Waals surface area (Å²) in [6.07, 6.45) is 14.9. The predicted octanol–water partition coefficient (Wildman–Crippen LogP) is 3.84. The van der Waals surface area contributed by atoms with Gasteiger partial charge in [-0.1, -0.05) is 36.5 Å². The molecule has 28 heavy (non-hydrogen) atoms. The number of benzene rings is 1. The predicted molar refractivity (Wildman–Crippen MR) is 104 cm³/mol. The lowest BCUT2D eigenvalue weighted by atomic mass is 9.91. The number of carboxylic acids is 1. The second kappa shape index (κ2) is 10.8. The first-order chi connectivity index (χ1) is 13.4. The zero-order chi connectivity index (χ0) is 20.4. The van der Waals surface area contributed by atoms with Crippen LogP contribution in [0.5, 0.6) is 5.75 Å². The third-order valence-corrected chi connectivity index (χ3v) is 4.67. The van der Waals surface area contributed by atoms with Gasteiger partial charge in [0.1, 0.15) is 11.6 Å². The standard InChI is InChI=1S/C22H27FO5/c23-19-11-13-20(14-12-19)28-16-5-3-8-18-10-6-9-17(18)7-2-1-4-15-22(26,27)21(24)25/h1-3,6,8-9,11-14,17-18,26-27H,4-5,7,10,15-16H2,(H,24,25)/t17-,18-/m0/s1. The smallest absolute Gasteiger partial charge is 0.364 e. The molecule has 0 radical (unpaired) electrons. The Morgan fingerprint density at radius 2 is 1.93 bits per heavy atom. The van der Waals surface area contributed by atoms with E-state index in [2.05, 4.69) is 24.3 Å². The summed E-state index contributed by atoms with van der Waals surface area (Å²) in [6.45, 7) is 0.528. The van der Waals surface area contributed by atoms with Gasteiger partial charge >= 0.3 is 5.97 Å². The van der Waals surface area contributed by atoms with Gasteiger partial charge in [-0.05, 0) is 61.8 Å². The highest BCUT2D eigenvalue weighted by Crippen LogP contribution is 2.29. The van der Waals surface area contributed by atoms with Gasteiger partial charge in [-0.3, -0.25) is 0 Å². The highest BCUT2D eigenvalue weighted by Gasteiger charge is 2.31. The molecule has 0 aliphatic heterocycles. The van der Waals surface area contributed by atoms with Gasteiger partial charge in [0.15, 0.2) is 0 Å². The van der Waals surface area contributed by atoms with Crippen LogP contribution in [0.1, 0.15) is 32.1 Å². The topological polar surface area (TPSA) is 87.0 Å². The van der Waals surface area contributed by atoms with Crippen molar-refractivity contribution in [3.63, 3.8) is 0 Å². The number of carbonyl (C=O) groups is 1. The van der Waals surface area contributed by atoms with E-state index in [-0.39, 0.29) is 18.7 Å². The molecule has 0 amide bonds. The highest BCUT2D eigenvalue weighted by atomic mass is 19.1. The maximum absolute atomic E-state index is 12.8. The number of aliphatic hydroxyl groups is 2. The van der Waals surface area contributed by atoms with Crippen LogP contribution < -0.4 is 4.74 Å². The van der Waals surface area contributed by atoms with Gasteiger partial charge in [0.2, 0.25) is 0 Å². The van der Waals surface area contributed by atoms with Crippen LogP contribution in [-0.2, 0) is 4.79 Å². The molecule has 152 valence electrons. The van der Waals surface area contributed by atoms with Crippen molar-refractivity contribution in [2.75, 3.05) is 6.61 Å². The van der Waals surface area contributed by atoms with Gasteiger partial charge in [-0.25, -0.2) is 9.18 Å². The van der Waals surface area contributed by atoms with E-state index < -0.39 is 11.8 Å². The Kier molecular flexibility index (Phi) is 8.42. The molecule has 2 atom stereocenters. The van der Waals surface area contributed by atoms with Crippen LogP contribution in [-0.4, -0.2) is 33.7 Å². The first kappa shape index (κ1) is 21.9. The van der Waals surface area contributed by atoms with E-state index in [0.29, 0.717) is 24.2 Å². The number of hydrogen-bond acceptors (Lipinski definition) is 4. The number of ether oxygens (including phenoxy) is 1. The molecule has 1 aromatic carbocycles. The van der Waals surface area contributed by atoms with Gasteiger partial charge in [0.05, 0.1) is 6.61 Å².